The molecule has 1 aliphatic heterocycles. The van der Waals surface area contributed by atoms with Crippen molar-refractivity contribution < 1.29 is 9.64 Å². The van der Waals surface area contributed by atoms with Crippen LogP contribution in [-0.4, -0.2) is 52.7 Å². The SMILES string of the molecule is Cn1c(-c2ccncc2)nn(C[NH+](C)Cc2ccc(N3CCOCC3)cc2)c1=S. The van der Waals surface area contributed by atoms with E-state index in [0.29, 0.717) is 6.67 Å². The van der Waals surface area contributed by atoms with Crippen molar-refractivity contribution in [2.24, 2.45) is 7.05 Å². The molecule has 1 aliphatic rings. The molecule has 0 amide bonds. The monoisotopic (exact) mass is 411 g/mol. The number of morpholine rings is 1. The Bertz CT molecular complexity index is 992. The summed E-state index contributed by atoms with van der Waals surface area (Å²) in [7, 11) is 4.12. The van der Waals surface area contributed by atoms with Gasteiger partial charge in [-0.25, -0.2) is 0 Å². The second kappa shape index (κ2) is 8.86. The molecular formula is C21H27N6OS+. The molecule has 0 radical (unpaired) electrons. The van der Waals surface area contributed by atoms with Crippen molar-refractivity contribution in [3.05, 3.63) is 59.1 Å². The molecule has 3 heterocycles. The number of nitrogens with one attached hydrogen (secondary N) is 1. The van der Waals surface area contributed by atoms with Crippen LogP contribution in [0.1, 0.15) is 5.56 Å². The summed E-state index contributed by atoms with van der Waals surface area (Å²) in [6, 6.07) is 12.8. The van der Waals surface area contributed by atoms with Crippen molar-refractivity contribution >= 4 is 17.9 Å². The summed E-state index contributed by atoms with van der Waals surface area (Å²) in [6.45, 7) is 5.15. The maximum atomic E-state index is 5.61. The lowest BCUT2D eigenvalue weighted by atomic mass is 10.2. The summed E-state index contributed by atoms with van der Waals surface area (Å²) in [6.07, 6.45) is 3.55. The summed E-state index contributed by atoms with van der Waals surface area (Å²) in [5, 5.41) is 4.74. The highest BCUT2D eigenvalue weighted by Gasteiger charge is 2.14. The molecule has 0 saturated carbocycles. The van der Waals surface area contributed by atoms with E-state index < -0.39 is 0 Å². The van der Waals surface area contributed by atoms with Crippen molar-refractivity contribution in [3.63, 3.8) is 0 Å². The summed E-state index contributed by atoms with van der Waals surface area (Å²) < 4.78 is 10.0. The Morgan fingerprint density at radius 3 is 2.45 bits per heavy atom. The Kier molecular flexibility index (Phi) is 6.03. The molecule has 0 spiro atoms. The van der Waals surface area contributed by atoms with Crippen LogP contribution in [0.5, 0.6) is 0 Å². The third-order valence-corrected chi connectivity index (χ3v) is 5.70. The van der Waals surface area contributed by atoms with Crippen LogP contribution in [0.2, 0.25) is 0 Å². The van der Waals surface area contributed by atoms with Gasteiger partial charge in [0, 0.05) is 49.3 Å². The number of quaternary nitrogens is 1. The number of anilines is 1. The first kappa shape index (κ1) is 19.8. The Morgan fingerprint density at radius 1 is 1.07 bits per heavy atom. The molecule has 8 heteroatoms. The van der Waals surface area contributed by atoms with E-state index in [1.807, 2.05) is 28.4 Å². The largest absolute Gasteiger partial charge is 0.378 e. The lowest BCUT2D eigenvalue weighted by Gasteiger charge is -2.29. The molecular weight excluding hydrogens is 384 g/mol. The lowest BCUT2D eigenvalue weighted by molar-refractivity contribution is -0.917. The number of ether oxygens (including phenoxy) is 1. The molecule has 29 heavy (non-hydrogen) atoms. The van der Waals surface area contributed by atoms with Gasteiger partial charge in [-0.1, -0.05) is 12.1 Å². The third kappa shape index (κ3) is 4.55. The van der Waals surface area contributed by atoms with Gasteiger partial charge in [-0.05, 0) is 36.5 Å². The number of hydrogen-bond acceptors (Lipinski definition) is 5. The van der Waals surface area contributed by atoms with E-state index >= 15 is 0 Å². The van der Waals surface area contributed by atoms with E-state index in [-0.39, 0.29) is 0 Å². The molecule has 1 unspecified atom stereocenters. The van der Waals surface area contributed by atoms with Crippen LogP contribution >= 0.6 is 12.2 Å². The summed E-state index contributed by atoms with van der Waals surface area (Å²) in [5.41, 5.74) is 3.59. The lowest BCUT2D eigenvalue weighted by Crippen LogP contribution is -3.07. The minimum atomic E-state index is 0.711. The first-order chi connectivity index (χ1) is 14.1. The maximum absolute atomic E-state index is 5.61. The summed E-state index contributed by atoms with van der Waals surface area (Å²) in [5.74, 6) is 0.861. The smallest absolute Gasteiger partial charge is 0.202 e. The van der Waals surface area contributed by atoms with Crippen LogP contribution in [-0.2, 0) is 25.0 Å². The van der Waals surface area contributed by atoms with E-state index in [1.54, 1.807) is 12.4 Å². The van der Waals surface area contributed by atoms with Crippen molar-refractivity contribution in [1.29, 1.82) is 0 Å². The highest BCUT2D eigenvalue weighted by atomic mass is 32.1. The average Bonchev–Trinajstić information content (AvgIpc) is 3.04. The molecule has 1 saturated heterocycles. The van der Waals surface area contributed by atoms with Crippen LogP contribution in [0.4, 0.5) is 5.69 Å². The fraction of sp³-hybridized carbons (Fsp3) is 0.381. The number of rotatable bonds is 6. The number of benzene rings is 1. The van der Waals surface area contributed by atoms with E-state index in [4.69, 9.17) is 22.1 Å². The van der Waals surface area contributed by atoms with Crippen LogP contribution in [0.15, 0.2) is 48.8 Å². The fourth-order valence-corrected chi connectivity index (χ4v) is 3.84. The average molecular weight is 412 g/mol. The highest BCUT2D eigenvalue weighted by Crippen LogP contribution is 2.17. The van der Waals surface area contributed by atoms with Gasteiger partial charge in [-0.2, -0.15) is 4.68 Å². The topological polar surface area (TPSA) is 52.5 Å². The second-order valence-electron chi connectivity index (χ2n) is 7.46. The van der Waals surface area contributed by atoms with Crippen LogP contribution < -0.4 is 9.80 Å². The summed E-state index contributed by atoms with van der Waals surface area (Å²) in [4.78, 5) is 7.77. The van der Waals surface area contributed by atoms with Gasteiger partial charge in [0.1, 0.15) is 6.54 Å². The van der Waals surface area contributed by atoms with E-state index in [1.165, 1.54) is 16.2 Å². The molecule has 0 bridgehead atoms. The minimum Gasteiger partial charge on any atom is -0.378 e. The fourth-order valence-electron chi connectivity index (χ4n) is 3.65. The highest BCUT2D eigenvalue weighted by molar-refractivity contribution is 7.71. The van der Waals surface area contributed by atoms with E-state index in [2.05, 4.69) is 41.2 Å². The van der Waals surface area contributed by atoms with Crippen LogP contribution in [0.25, 0.3) is 11.4 Å². The van der Waals surface area contributed by atoms with Crippen molar-refractivity contribution in [2.45, 2.75) is 13.2 Å². The van der Waals surface area contributed by atoms with Gasteiger partial charge >= 0.3 is 0 Å². The standard InChI is InChI=1S/C21H26N6OS/c1-24(15-17-3-5-19(6-4-17)26-11-13-28-14-12-26)16-27-21(29)25(2)20(23-27)18-7-9-22-10-8-18/h3-10H,11-16H2,1-2H3/p+1. The molecule has 1 atom stereocenters. The van der Waals surface area contributed by atoms with E-state index in [9.17, 15) is 0 Å². The third-order valence-electron chi connectivity index (χ3n) is 5.22. The van der Waals surface area contributed by atoms with Gasteiger partial charge in [-0.3, -0.25) is 4.98 Å². The predicted molar refractivity (Wildman–Crippen MR) is 115 cm³/mol. The molecule has 152 valence electrons. The normalized spacial score (nSPS) is 15.4. The Hall–Kier alpha value is -2.55. The molecule has 1 fully saturated rings. The molecule has 0 aliphatic carbocycles. The zero-order valence-electron chi connectivity index (χ0n) is 16.9. The van der Waals surface area contributed by atoms with E-state index in [0.717, 1.165) is 49.0 Å². The number of nitrogens with zero attached hydrogens (tertiary/aromatic N) is 5. The first-order valence-electron chi connectivity index (χ1n) is 9.89. The van der Waals surface area contributed by atoms with Crippen LogP contribution in [0.3, 0.4) is 0 Å². The van der Waals surface area contributed by atoms with Crippen LogP contribution in [0, 0.1) is 4.77 Å². The zero-order valence-corrected chi connectivity index (χ0v) is 17.7. The zero-order chi connectivity index (χ0) is 20.2. The molecule has 4 rings (SSSR count). The summed E-state index contributed by atoms with van der Waals surface area (Å²) >= 11 is 5.61. The number of pyridine rings is 1. The number of hydrogen-bond donors (Lipinski definition) is 1. The van der Waals surface area contributed by atoms with Crippen molar-refractivity contribution in [1.82, 2.24) is 19.3 Å². The molecule has 3 aromatic rings. The van der Waals surface area contributed by atoms with Gasteiger partial charge in [0.15, 0.2) is 12.5 Å². The number of aromatic nitrogens is 4. The van der Waals surface area contributed by atoms with Crippen molar-refractivity contribution in [3.8, 4) is 11.4 Å². The Balaban J connectivity index is 1.42. The molecule has 2 aromatic heterocycles. The second-order valence-corrected chi connectivity index (χ2v) is 7.82. The van der Waals surface area contributed by atoms with Gasteiger partial charge in [0.25, 0.3) is 0 Å². The maximum Gasteiger partial charge on any atom is 0.202 e. The first-order valence-corrected chi connectivity index (χ1v) is 10.3. The van der Waals surface area contributed by atoms with Gasteiger partial charge in [0.05, 0.1) is 20.3 Å². The van der Waals surface area contributed by atoms with Gasteiger partial charge in [0.2, 0.25) is 4.77 Å². The molecule has 1 aromatic carbocycles. The van der Waals surface area contributed by atoms with Gasteiger partial charge in [-0.15, -0.1) is 5.10 Å². The Labute approximate surface area is 176 Å². The molecule has 7 nitrogen and oxygen atoms in total. The quantitative estimate of drug-likeness (QED) is 0.624. The minimum absolute atomic E-state index is 0.711. The van der Waals surface area contributed by atoms with Gasteiger partial charge < -0.3 is 19.1 Å². The molecule has 1 N–H and O–H groups in total. The predicted octanol–water partition coefficient (Wildman–Crippen LogP) is 1.52. The van der Waals surface area contributed by atoms with Crippen molar-refractivity contribution in [2.75, 3.05) is 38.3 Å². The Morgan fingerprint density at radius 2 is 1.76 bits per heavy atom.